The Bertz CT molecular complexity index is 2840. The number of aromatic hydroxyl groups is 1. The highest BCUT2D eigenvalue weighted by Gasteiger charge is 2.61. The van der Waals surface area contributed by atoms with Crippen LogP contribution < -0.4 is 10.6 Å². The zero-order valence-electron chi connectivity index (χ0n) is 51.1. The number of hydrogen-bond acceptors (Lipinski definition) is 12. The highest BCUT2D eigenvalue weighted by Crippen LogP contribution is 2.54. The number of aliphatic carboxylic acids is 2. The summed E-state index contributed by atoms with van der Waals surface area (Å²) in [7, 11) is 0. The number of benzene rings is 3. The molecular formula is C71H100N2O12. The van der Waals surface area contributed by atoms with Crippen LogP contribution in [0.5, 0.6) is 5.75 Å². The van der Waals surface area contributed by atoms with Crippen molar-refractivity contribution >= 4 is 11.9 Å². The van der Waals surface area contributed by atoms with E-state index in [9.17, 15) is 60.7 Å². The molecule has 6 aliphatic rings. The van der Waals surface area contributed by atoms with E-state index in [1.54, 1.807) is 18.2 Å². The lowest BCUT2D eigenvalue weighted by Gasteiger charge is -2.59. The second-order valence-corrected chi connectivity index (χ2v) is 26.6. The Kier molecular flexibility index (Phi) is 22.8. The van der Waals surface area contributed by atoms with Gasteiger partial charge in [-0.3, -0.25) is 9.59 Å². The summed E-state index contributed by atoms with van der Waals surface area (Å²) >= 11 is 0. The summed E-state index contributed by atoms with van der Waals surface area (Å²) in [5, 5.41) is 127. The number of fused-ring (bicyclic) bond motifs is 6. The fourth-order valence-electron chi connectivity index (χ4n) is 16.0. The van der Waals surface area contributed by atoms with Crippen molar-refractivity contribution in [2.45, 2.75) is 260 Å². The molecule has 466 valence electrons. The minimum Gasteiger partial charge on any atom is -0.508 e. The predicted molar refractivity (Wildman–Crippen MR) is 331 cm³/mol. The van der Waals surface area contributed by atoms with Crippen LogP contribution in [0.1, 0.15) is 201 Å². The van der Waals surface area contributed by atoms with Crippen LogP contribution in [0.2, 0.25) is 0 Å². The first kappa shape index (κ1) is 66.0. The lowest BCUT2D eigenvalue weighted by molar-refractivity contribution is -0.151. The molecule has 0 aromatic heterocycles. The number of unbranched alkanes of at least 4 members (excludes halogenated alkanes) is 1. The maximum absolute atomic E-state index is 14.9. The van der Waals surface area contributed by atoms with Gasteiger partial charge in [-0.2, -0.15) is 0 Å². The summed E-state index contributed by atoms with van der Waals surface area (Å²) in [6.07, 6.45) is 9.56. The van der Waals surface area contributed by atoms with Gasteiger partial charge in [0.2, 0.25) is 0 Å². The SMILES string of the molecule is CCCCC(O)C(O)C=CC1=C(CC(O)CO)C2CCC(O)C3NC(C)CCC(C(O)Cc4ccc(cc4CC4(C(=O)O)CCCCC4)CC(C(C)(O)C4(c5ccc(O)cc5)CCCCC4)(CC#Cc4c(CC)cccc4CC1)N2)C3CC(=O)O. The number of aliphatic hydroxyl groups is 7. The van der Waals surface area contributed by atoms with E-state index in [0.29, 0.717) is 81.8 Å². The second kappa shape index (κ2) is 29.4. The largest absolute Gasteiger partial charge is 0.508 e. The van der Waals surface area contributed by atoms with Gasteiger partial charge >= 0.3 is 11.9 Å². The third kappa shape index (κ3) is 15.2. The average molecular weight is 1170 g/mol. The first-order valence-electron chi connectivity index (χ1n) is 32.3. The molecule has 1 saturated heterocycles. The number of aliphatic hydroxyl groups excluding tert-OH is 6. The summed E-state index contributed by atoms with van der Waals surface area (Å²) in [5.41, 5.74) is 2.12. The number of phenols is 1. The number of phenolic OH excluding ortho intramolecular Hbond substituents is 1. The minimum absolute atomic E-state index is 0.0542. The normalized spacial score (nSPS) is 28.5. The maximum Gasteiger partial charge on any atom is 0.309 e. The van der Waals surface area contributed by atoms with Gasteiger partial charge in [0.25, 0.3) is 0 Å². The Morgan fingerprint density at radius 1 is 0.847 bits per heavy atom. The predicted octanol–water partition coefficient (Wildman–Crippen LogP) is 9.23. The quantitative estimate of drug-likeness (QED) is 0.0530. The van der Waals surface area contributed by atoms with E-state index in [-0.39, 0.29) is 63.2 Å². The van der Waals surface area contributed by atoms with Crippen LogP contribution in [0.4, 0.5) is 0 Å². The molecular weight excluding hydrogens is 1070 g/mol. The molecule has 14 heteroatoms. The minimum atomic E-state index is -1.75. The maximum atomic E-state index is 14.9. The molecule has 4 heterocycles. The molecule has 12 atom stereocenters. The van der Waals surface area contributed by atoms with E-state index in [0.717, 1.165) is 83.9 Å². The average Bonchev–Trinajstić information content (AvgIpc) is 0.987. The van der Waals surface area contributed by atoms with E-state index < -0.39 is 95.0 Å². The van der Waals surface area contributed by atoms with Crippen LogP contribution in [-0.2, 0) is 47.1 Å². The van der Waals surface area contributed by atoms with Gasteiger partial charge in [-0.15, -0.1) is 0 Å². The van der Waals surface area contributed by atoms with Crippen molar-refractivity contribution in [3.8, 4) is 17.6 Å². The van der Waals surface area contributed by atoms with Crippen LogP contribution in [0.25, 0.3) is 0 Å². The molecule has 4 aliphatic heterocycles. The van der Waals surface area contributed by atoms with E-state index in [2.05, 4.69) is 47.6 Å². The van der Waals surface area contributed by atoms with E-state index in [1.165, 1.54) is 0 Å². The van der Waals surface area contributed by atoms with Crippen molar-refractivity contribution < 1.29 is 60.7 Å². The molecule has 85 heavy (non-hydrogen) atoms. The lowest BCUT2D eigenvalue weighted by atomic mass is 9.52. The monoisotopic (exact) mass is 1170 g/mol. The molecule has 6 bridgehead atoms. The van der Waals surface area contributed by atoms with Gasteiger partial charge in [-0.1, -0.05) is 138 Å². The summed E-state index contributed by atoms with van der Waals surface area (Å²) in [4.78, 5) is 26.8. The number of nitrogens with one attached hydrogen (secondary N) is 2. The highest BCUT2D eigenvalue weighted by atomic mass is 16.4. The van der Waals surface area contributed by atoms with E-state index in [1.807, 2.05) is 57.2 Å². The van der Waals surface area contributed by atoms with Crippen molar-refractivity contribution in [3.05, 3.63) is 123 Å². The highest BCUT2D eigenvalue weighted by molar-refractivity contribution is 5.75. The smallest absolute Gasteiger partial charge is 0.309 e. The summed E-state index contributed by atoms with van der Waals surface area (Å²) in [6, 6.07) is 17.6. The Morgan fingerprint density at radius 3 is 2.24 bits per heavy atom. The van der Waals surface area contributed by atoms with Crippen LogP contribution in [0.3, 0.4) is 0 Å². The summed E-state index contributed by atoms with van der Waals surface area (Å²) in [6.45, 7) is 7.44. The topological polar surface area (TPSA) is 260 Å². The number of aryl methyl sites for hydroxylation is 2. The Hall–Kier alpha value is -4.92. The number of rotatable bonds is 18. The lowest BCUT2D eigenvalue weighted by Crippen LogP contribution is -2.73. The second-order valence-electron chi connectivity index (χ2n) is 26.6. The fraction of sp³-hybridized carbons (Fsp3) is 0.634. The van der Waals surface area contributed by atoms with E-state index >= 15 is 0 Å². The van der Waals surface area contributed by atoms with Crippen molar-refractivity contribution in [2.24, 2.45) is 17.3 Å². The van der Waals surface area contributed by atoms with Gasteiger partial charge in [-0.05, 0) is 185 Å². The molecule has 12 N–H and O–H groups in total. The van der Waals surface area contributed by atoms with Gasteiger partial charge in [0.1, 0.15) is 5.75 Å². The number of carbonyl (C=O) groups is 2. The van der Waals surface area contributed by atoms with Crippen molar-refractivity contribution in [1.29, 1.82) is 0 Å². The third-order valence-electron chi connectivity index (χ3n) is 21.1. The molecule has 14 nitrogen and oxygen atoms in total. The molecule has 9 rings (SSSR count). The number of allylic oxidation sites excluding steroid dienone is 2. The van der Waals surface area contributed by atoms with Crippen LogP contribution in [0.15, 0.2) is 84.0 Å². The summed E-state index contributed by atoms with van der Waals surface area (Å²) in [5.74, 6) is 4.23. The van der Waals surface area contributed by atoms with Crippen LogP contribution in [-0.4, -0.2) is 129 Å². The van der Waals surface area contributed by atoms with Crippen LogP contribution in [0, 0.1) is 29.1 Å². The van der Waals surface area contributed by atoms with Gasteiger partial charge in [0, 0.05) is 35.5 Å². The number of hydrogen-bond donors (Lipinski definition) is 12. The third-order valence-corrected chi connectivity index (χ3v) is 21.1. The first-order valence-corrected chi connectivity index (χ1v) is 32.3. The fourth-order valence-corrected chi connectivity index (χ4v) is 16.0. The molecule has 2 saturated carbocycles. The molecule has 0 radical (unpaired) electrons. The molecule has 3 fully saturated rings. The molecule has 3 aromatic rings. The molecule has 0 spiro atoms. The summed E-state index contributed by atoms with van der Waals surface area (Å²) < 4.78 is 0. The van der Waals surface area contributed by atoms with Crippen LogP contribution >= 0.6 is 0 Å². The Morgan fingerprint density at radius 2 is 1.56 bits per heavy atom. The van der Waals surface area contributed by atoms with E-state index in [4.69, 9.17) is 0 Å². The standard InChI is InChI=1S/C71H100N2O12/c1-5-7-19-61(77)62(78)32-25-50-24-23-49-17-14-16-48(6-2)56(49)18-15-38-71(68(4,85)70(36-12-9-13-37-70)53-26-28-54(75)29-27-53)43-47-21-22-51(52(39-47)44-69(67(83)84)34-10-8-11-35-69)40-64(80)57-30-20-46(3)72-66(59(57)42-65(81)82)63(79)33-31-60(73-71)58(50)41-55(76)45-74/h14,16-17,21-22,25-29,32,39,46,55,57,59-64,66,72-80,85H,5-13,19-20,23-24,30-31,33-38,40-45H2,1-4H3,(H,81,82)(H,83,84). The van der Waals surface area contributed by atoms with Crippen molar-refractivity contribution in [2.75, 3.05) is 6.61 Å². The van der Waals surface area contributed by atoms with Gasteiger partial charge in [-0.25, -0.2) is 0 Å². The zero-order valence-corrected chi connectivity index (χ0v) is 51.1. The zero-order chi connectivity index (χ0) is 61.1. The number of carboxylic acid groups (broad SMARTS) is 2. The molecule has 12 unspecified atom stereocenters. The van der Waals surface area contributed by atoms with Crippen molar-refractivity contribution in [3.63, 3.8) is 0 Å². The molecule has 2 aliphatic carbocycles. The number of carboxylic acids is 2. The van der Waals surface area contributed by atoms with Crippen molar-refractivity contribution in [1.82, 2.24) is 10.6 Å². The van der Waals surface area contributed by atoms with Gasteiger partial charge in [0.05, 0.1) is 60.1 Å². The Labute approximate surface area is 505 Å². The van der Waals surface area contributed by atoms with Gasteiger partial charge in [0.15, 0.2) is 0 Å². The van der Waals surface area contributed by atoms with Gasteiger partial charge < -0.3 is 61.7 Å². The Balaban J connectivity index is 1.49. The first-order chi connectivity index (χ1) is 40.7. The molecule has 0 amide bonds. The molecule has 3 aromatic carbocycles.